The first-order valence-corrected chi connectivity index (χ1v) is 9.31. The molecule has 0 heterocycles. The van der Waals surface area contributed by atoms with Crippen molar-refractivity contribution >= 4 is 0 Å². The van der Waals surface area contributed by atoms with Crippen LogP contribution in [0.1, 0.15) is 61.1 Å². The summed E-state index contributed by atoms with van der Waals surface area (Å²) in [6.07, 6.45) is 1.85. The second kappa shape index (κ2) is 7.33. The molecule has 2 aromatic carbocycles. The molecule has 0 N–H and O–H groups in total. The van der Waals surface area contributed by atoms with Gasteiger partial charge in [-0.15, -0.1) is 0 Å². The van der Waals surface area contributed by atoms with Crippen LogP contribution in [0.2, 0.25) is 0 Å². The second-order valence-electron chi connectivity index (χ2n) is 8.69. The van der Waals surface area contributed by atoms with Gasteiger partial charge in [-0.25, -0.2) is 0 Å². The van der Waals surface area contributed by atoms with Crippen molar-refractivity contribution in [1.29, 1.82) is 0 Å². The molecule has 2 aromatic rings. The summed E-state index contributed by atoms with van der Waals surface area (Å²) in [6.45, 7) is 17.6. The van der Waals surface area contributed by atoms with Crippen LogP contribution >= 0.6 is 0 Å². The zero-order chi connectivity index (χ0) is 18.8. The van der Waals surface area contributed by atoms with Gasteiger partial charge in [0.15, 0.2) is 0 Å². The Morgan fingerprint density at radius 2 is 1.00 bits per heavy atom. The lowest BCUT2D eigenvalue weighted by atomic mass is 9.90. The molecule has 0 amide bonds. The molecule has 136 valence electrons. The van der Waals surface area contributed by atoms with Gasteiger partial charge in [-0.3, -0.25) is 0 Å². The minimum atomic E-state index is -0.209. The van der Waals surface area contributed by atoms with Gasteiger partial charge in [0.05, 0.1) is 11.2 Å². The van der Waals surface area contributed by atoms with Crippen LogP contribution in [0.5, 0.6) is 0 Å². The SMILES string of the molecule is Cc1cccc(CC(C)(C)OC(C)(C)Cc2cccc(C)c2C)c1C. The molecule has 0 aliphatic rings. The van der Waals surface area contributed by atoms with E-state index >= 15 is 0 Å². The first-order chi connectivity index (χ1) is 11.5. The molecule has 0 unspecified atom stereocenters. The maximum Gasteiger partial charge on any atom is 0.0674 e. The normalized spacial score (nSPS) is 12.5. The predicted molar refractivity (Wildman–Crippen MR) is 108 cm³/mol. The zero-order valence-corrected chi connectivity index (χ0v) is 17.3. The number of benzene rings is 2. The van der Waals surface area contributed by atoms with Gasteiger partial charge >= 0.3 is 0 Å². The van der Waals surface area contributed by atoms with E-state index in [2.05, 4.69) is 91.8 Å². The van der Waals surface area contributed by atoms with Gasteiger partial charge in [0.1, 0.15) is 0 Å². The van der Waals surface area contributed by atoms with Crippen LogP contribution < -0.4 is 0 Å². The van der Waals surface area contributed by atoms with Crippen LogP contribution in [-0.4, -0.2) is 11.2 Å². The van der Waals surface area contributed by atoms with Gasteiger partial charge in [-0.1, -0.05) is 36.4 Å². The molecule has 1 heteroatoms. The molecule has 0 radical (unpaired) electrons. The lowest BCUT2D eigenvalue weighted by Crippen LogP contribution is -2.40. The van der Waals surface area contributed by atoms with E-state index in [4.69, 9.17) is 4.74 Å². The molecule has 0 aliphatic heterocycles. The fraction of sp³-hybridized carbons (Fsp3) is 0.500. The van der Waals surface area contributed by atoms with Crippen LogP contribution in [0.4, 0.5) is 0 Å². The maximum atomic E-state index is 6.62. The highest BCUT2D eigenvalue weighted by atomic mass is 16.5. The van der Waals surface area contributed by atoms with Crippen molar-refractivity contribution in [3.05, 3.63) is 69.8 Å². The number of ether oxygens (including phenoxy) is 1. The van der Waals surface area contributed by atoms with E-state index < -0.39 is 0 Å². The average Bonchev–Trinajstić information content (AvgIpc) is 2.47. The molecule has 2 rings (SSSR count). The van der Waals surface area contributed by atoms with Crippen molar-refractivity contribution in [1.82, 2.24) is 0 Å². The average molecular weight is 339 g/mol. The number of aryl methyl sites for hydroxylation is 2. The van der Waals surface area contributed by atoms with Crippen LogP contribution in [0.25, 0.3) is 0 Å². The maximum absolute atomic E-state index is 6.62. The van der Waals surface area contributed by atoms with Crippen molar-refractivity contribution in [3.8, 4) is 0 Å². The Morgan fingerprint density at radius 1 is 0.640 bits per heavy atom. The first-order valence-electron chi connectivity index (χ1n) is 9.31. The van der Waals surface area contributed by atoms with E-state index in [0.29, 0.717) is 0 Å². The molecule has 25 heavy (non-hydrogen) atoms. The van der Waals surface area contributed by atoms with E-state index in [-0.39, 0.29) is 11.2 Å². The molecule has 0 fully saturated rings. The first kappa shape index (κ1) is 19.7. The van der Waals surface area contributed by atoms with Crippen LogP contribution in [0.3, 0.4) is 0 Å². The fourth-order valence-corrected chi connectivity index (χ4v) is 3.74. The molecule has 0 saturated carbocycles. The minimum absolute atomic E-state index is 0.209. The highest BCUT2D eigenvalue weighted by molar-refractivity contribution is 5.35. The lowest BCUT2D eigenvalue weighted by Gasteiger charge is -2.37. The topological polar surface area (TPSA) is 9.23 Å². The lowest BCUT2D eigenvalue weighted by molar-refractivity contribution is -0.121. The highest BCUT2D eigenvalue weighted by Crippen LogP contribution is 2.29. The third-order valence-electron chi connectivity index (χ3n) is 5.22. The van der Waals surface area contributed by atoms with Gasteiger partial charge in [-0.05, 0) is 88.8 Å². The summed E-state index contributed by atoms with van der Waals surface area (Å²) in [7, 11) is 0. The Balaban J connectivity index is 2.14. The number of hydrogen-bond acceptors (Lipinski definition) is 1. The molecule has 1 nitrogen and oxygen atoms in total. The molecule has 0 aromatic heterocycles. The Labute approximate surface area is 154 Å². The van der Waals surface area contributed by atoms with Crippen molar-refractivity contribution < 1.29 is 4.74 Å². The van der Waals surface area contributed by atoms with Gasteiger partial charge in [0.25, 0.3) is 0 Å². The Bertz CT molecular complexity index is 674. The van der Waals surface area contributed by atoms with Gasteiger partial charge < -0.3 is 4.74 Å². The summed E-state index contributed by atoms with van der Waals surface area (Å²) in [5.74, 6) is 0. The van der Waals surface area contributed by atoms with Crippen molar-refractivity contribution in [2.45, 2.75) is 79.4 Å². The van der Waals surface area contributed by atoms with Crippen LogP contribution in [-0.2, 0) is 17.6 Å². The monoisotopic (exact) mass is 338 g/mol. The van der Waals surface area contributed by atoms with E-state index in [9.17, 15) is 0 Å². The molecule has 0 bridgehead atoms. The number of rotatable bonds is 6. The minimum Gasteiger partial charge on any atom is -0.369 e. The smallest absolute Gasteiger partial charge is 0.0674 e. The quantitative estimate of drug-likeness (QED) is 0.602. The summed E-state index contributed by atoms with van der Waals surface area (Å²) < 4.78 is 6.62. The fourth-order valence-electron chi connectivity index (χ4n) is 3.74. The van der Waals surface area contributed by atoms with Crippen LogP contribution in [0, 0.1) is 27.7 Å². The van der Waals surface area contributed by atoms with Gasteiger partial charge in [0, 0.05) is 12.8 Å². The molecule has 0 spiro atoms. The Morgan fingerprint density at radius 3 is 1.36 bits per heavy atom. The number of hydrogen-bond donors (Lipinski definition) is 0. The largest absolute Gasteiger partial charge is 0.369 e. The van der Waals surface area contributed by atoms with Gasteiger partial charge in [-0.2, -0.15) is 0 Å². The Kier molecular flexibility index (Phi) is 5.79. The van der Waals surface area contributed by atoms with E-state index in [1.165, 1.54) is 33.4 Å². The standard InChI is InChI=1S/C24H34O/c1-17-11-9-13-21(19(17)3)15-23(5,6)25-24(7,8)16-22-14-10-12-18(2)20(22)4/h9-14H,15-16H2,1-8H3. The highest BCUT2D eigenvalue weighted by Gasteiger charge is 2.30. The van der Waals surface area contributed by atoms with Crippen molar-refractivity contribution in [3.63, 3.8) is 0 Å². The molecular formula is C24H34O. The molecule has 0 aliphatic carbocycles. The molecule has 0 saturated heterocycles. The third-order valence-corrected chi connectivity index (χ3v) is 5.22. The van der Waals surface area contributed by atoms with E-state index in [1.54, 1.807) is 0 Å². The van der Waals surface area contributed by atoms with Crippen molar-refractivity contribution in [2.75, 3.05) is 0 Å². The summed E-state index contributed by atoms with van der Waals surface area (Å²) in [6, 6.07) is 13.1. The zero-order valence-electron chi connectivity index (χ0n) is 17.3. The summed E-state index contributed by atoms with van der Waals surface area (Å²) in [4.78, 5) is 0. The third kappa shape index (κ3) is 5.19. The molecular weight excluding hydrogens is 304 g/mol. The second-order valence-corrected chi connectivity index (χ2v) is 8.69. The summed E-state index contributed by atoms with van der Waals surface area (Å²) in [5, 5.41) is 0. The predicted octanol–water partition coefficient (Wildman–Crippen LogP) is 6.28. The summed E-state index contributed by atoms with van der Waals surface area (Å²) in [5.41, 5.74) is 7.81. The van der Waals surface area contributed by atoms with Crippen molar-refractivity contribution in [2.24, 2.45) is 0 Å². The van der Waals surface area contributed by atoms with E-state index in [1.807, 2.05) is 0 Å². The molecule has 0 atom stereocenters. The Hall–Kier alpha value is -1.60. The van der Waals surface area contributed by atoms with Gasteiger partial charge in [0.2, 0.25) is 0 Å². The van der Waals surface area contributed by atoms with Crippen LogP contribution in [0.15, 0.2) is 36.4 Å². The summed E-state index contributed by atoms with van der Waals surface area (Å²) >= 11 is 0. The van der Waals surface area contributed by atoms with E-state index in [0.717, 1.165) is 12.8 Å².